The van der Waals surface area contributed by atoms with Gasteiger partial charge < -0.3 is 5.32 Å². The van der Waals surface area contributed by atoms with E-state index in [-0.39, 0.29) is 0 Å². The van der Waals surface area contributed by atoms with Crippen LogP contribution in [0.15, 0.2) is 29.6 Å². The summed E-state index contributed by atoms with van der Waals surface area (Å²) < 4.78 is 1.46. The SMILES string of the molecule is CNC(c1cccc2ccsc12)C1CC1C. The molecular weight excluding hydrogens is 214 g/mol. The van der Waals surface area contributed by atoms with E-state index in [1.54, 1.807) is 0 Å². The number of hydrogen-bond acceptors (Lipinski definition) is 2. The first-order chi connectivity index (χ1) is 7.81. The normalized spacial score (nSPS) is 25.9. The zero-order valence-electron chi connectivity index (χ0n) is 9.73. The van der Waals surface area contributed by atoms with Gasteiger partial charge in [0.15, 0.2) is 0 Å². The number of fused-ring (bicyclic) bond motifs is 1. The average Bonchev–Trinajstić information content (AvgIpc) is 2.82. The lowest BCUT2D eigenvalue weighted by molar-refractivity contribution is 0.508. The van der Waals surface area contributed by atoms with Crippen LogP contribution in [0.25, 0.3) is 10.1 Å². The number of thiophene rings is 1. The van der Waals surface area contributed by atoms with Crippen molar-refractivity contribution in [2.75, 3.05) is 7.05 Å². The van der Waals surface area contributed by atoms with E-state index in [4.69, 9.17) is 0 Å². The molecule has 1 fully saturated rings. The van der Waals surface area contributed by atoms with Gasteiger partial charge in [0, 0.05) is 10.7 Å². The van der Waals surface area contributed by atoms with Crippen molar-refractivity contribution in [2.24, 2.45) is 11.8 Å². The first-order valence-electron chi connectivity index (χ1n) is 5.94. The summed E-state index contributed by atoms with van der Waals surface area (Å²) in [5, 5.41) is 7.08. The highest BCUT2D eigenvalue weighted by molar-refractivity contribution is 7.17. The third-order valence-electron chi connectivity index (χ3n) is 3.76. The minimum Gasteiger partial charge on any atom is -0.313 e. The van der Waals surface area contributed by atoms with Gasteiger partial charge in [-0.3, -0.25) is 0 Å². The summed E-state index contributed by atoms with van der Waals surface area (Å²) in [6, 6.07) is 9.43. The average molecular weight is 231 g/mol. The van der Waals surface area contributed by atoms with Crippen LogP contribution in [0.1, 0.15) is 24.9 Å². The van der Waals surface area contributed by atoms with Gasteiger partial charge in [-0.2, -0.15) is 0 Å². The Morgan fingerprint density at radius 2 is 2.19 bits per heavy atom. The van der Waals surface area contributed by atoms with E-state index in [2.05, 4.69) is 48.9 Å². The molecule has 1 aliphatic rings. The Balaban J connectivity index is 2.06. The molecule has 1 heterocycles. The molecule has 0 amide bonds. The van der Waals surface area contributed by atoms with E-state index in [0.29, 0.717) is 6.04 Å². The molecule has 0 spiro atoms. The van der Waals surface area contributed by atoms with Crippen molar-refractivity contribution in [3.63, 3.8) is 0 Å². The highest BCUT2D eigenvalue weighted by Gasteiger charge is 2.39. The standard InChI is InChI=1S/C14H17NS/c1-9-8-12(9)13(15-2)11-5-3-4-10-6-7-16-14(10)11/h3-7,9,12-13,15H,8H2,1-2H3. The summed E-state index contributed by atoms with van der Waals surface area (Å²) in [6.07, 6.45) is 1.37. The molecule has 16 heavy (non-hydrogen) atoms. The Morgan fingerprint density at radius 3 is 2.88 bits per heavy atom. The predicted molar refractivity (Wildman–Crippen MR) is 70.9 cm³/mol. The second-order valence-electron chi connectivity index (χ2n) is 4.83. The molecule has 0 aliphatic heterocycles. The van der Waals surface area contributed by atoms with Crippen molar-refractivity contribution in [3.05, 3.63) is 35.2 Å². The minimum absolute atomic E-state index is 0.539. The Labute approximate surface area is 100 Å². The van der Waals surface area contributed by atoms with Crippen LogP contribution in [0.5, 0.6) is 0 Å². The fourth-order valence-corrected chi connectivity index (χ4v) is 3.63. The van der Waals surface area contributed by atoms with Gasteiger partial charge in [-0.15, -0.1) is 11.3 Å². The van der Waals surface area contributed by atoms with Crippen LogP contribution < -0.4 is 5.32 Å². The maximum Gasteiger partial charge on any atom is 0.0390 e. The van der Waals surface area contributed by atoms with Crippen molar-refractivity contribution in [1.82, 2.24) is 5.32 Å². The molecule has 0 saturated heterocycles. The summed E-state index contributed by atoms with van der Waals surface area (Å²) in [5.74, 6) is 1.71. The topological polar surface area (TPSA) is 12.0 Å². The van der Waals surface area contributed by atoms with E-state index in [1.807, 2.05) is 11.3 Å². The van der Waals surface area contributed by atoms with Crippen molar-refractivity contribution < 1.29 is 0 Å². The summed E-state index contributed by atoms with van der Waals surface area (Å²) in [6.45, 7) is 2.35. The first-order valence-corrected chi connectivity index (χ1v) is 6.82. The molecule has 1 aromatic heterocycles. The van der Waals surface area contributed by atoms with Gasteiger partial charge in [-0.05, 0) is 47.7 Å². The molecule has 1 saturated carbocycles. The van der Waals surface area contributed by atoms with Gasteiger partial charge in [0.2, 0.25) is 0 Å². The van der Waals surface area contributed by atoms with Crippen molar-refractivity contribution >= 4 is 21.4 Å². The lowest BCUT2D eigenvalue weighted by Gasteiger charge is -2.17. The van der Waals surface area contributed by atoms with Gasteiger partial charge in [-0.1, -0.05) is 25.1 Å². The molecule has 2 heteroatoms. The first kappa shape index (κ1) is 10.3. The Morgan fingerprint density at radius 1 is 1.38 bits per heavy atom. The molecule has 0 radical (unpaired) electrons. The molecule has 0 bridgehead atoms. The zero-order valence-corrected chi connectivity index (χ0v) is 10.6. The maximum absolute atomic E-state index is 3.50. The highest BCUT2D eigenvalue weighted by Crippen LogP contribution is 2.48. The van der Waals surface area contributed by atoms with E-state index in [1.165, 1.54) is 22.1 Å². The Kier molecular flexibility index (Phi) is 2.49. The molecule has 1 nitrogen and oxygen atoms in total. The third-order valence-corrected chi connectivity index (χ3v) is 4.73. The van der Waals surface area contributed by atoms with E-state index in [9.17, 15) is 0 Å². The quantitative estimate of drug-likeness (QED) is 0.847. The van der Waals surface area contributed by atoms with Crippen LogP contribution >= 0.6 is 11.3 Å². The lowest BCUT2D eigenvalue weighted by Crippen LogP contribution is -2.19. The smallest absolute Gasteiger partial charge is 0.0390 e. The fraction of sp³-hybridized carbons (Fsp3) is 0.429. The molecule has 84 valence electrons. The van der Waals surface area contributed by atoms with Gasteiger partial charge in [0.25, 0.3) is 0 Å². The Bertz CT molecular complexity index is 502. The fourth-order valence-electron chi connectivity index (χ4n) is 2.68. The number of nitrogens with one attached hydrogen (secondary N) is 1. The number of benzene rings is 1. The molecule has 2 aromatic rings. The predicted octanol–water partition coefficient (Wildman–Crippen LogP) is 3.82. The monoisotopic (exact) mass is 231 g/mol. The largest absolute Gasteiger partial charge is 0.313 e. The van der Waals surface area contributed by atoms with Crippen LogP contribution in [0.3, 0.4) is 0 Å². The molecule has 1 N–H and O–H groups in total. The molecule has 3 rings (SSSR count). The molecule has 1 aromatic carbocycles. The number of rotatable bonds is 3. The van der Waals surface area contributed by atoms with Crippen molar-refractivity contribution in [1.29, 1.82) is 0 Å². The zero-order chi connectivity index (χ0) is 11.1. The summed E-state index contributed by atoms with van der Waals surface area (Å²) in [4.78, 5) is 0. The van der Waals surface area contributed by atoms with Crippen LogP contribution in [-0.2, 0) is 0 Å². The molecular formula is C14H17NS. The van der Waals surface area contributed by atoms with Gasteiger partial charge in [0.05, 0.1) is 0 Å². The van der Waals surface area contributed by atoms with Gasteiger partial charge in [-0.25, -0.2) is 0 Å². The van der Waals surface area contributed by atoms with Gasteiger partial charge in [0.1, 0.15) is 0 Å². The van der Waals surface area contributed by atoms with Crippen LogP contribution in [0, 0.1) is 11.8 Å². The second-order valence-corrected chi connectivity index (χ2v) is 5.75. The van der Waals surface area contributed by atoms with E-state index < -0.39 is 0 Å². The Hall–Kier alpha value is -0.860. The van der Waals surface area contributed by atoms with Gasteiger partial charge >= 0.3 is 0 Å². The molecule has 3 atom stereocenters. The lowest BCUT2D eigenvalue weighted by atomic mass is 10.00. The highest BCUT2D eigenvalue weighted by atomic mass is 32.1. The van der Waals surface area contributed by atoms with Crippen molar-refractivity contribution in [3.8, 4) is 0 Å². The number of hydrogen-bond donors (Lipinski definition) is 1. The molecule has 3 unspecified atom stereocenters. The summed E-state index contributed by atoms with van der Waals surface area (Å²) >= 11 is 1.86. The van der Waals surface area contributed by atoms with Crippen molar-refractivity contribution in [2.45, 2.75) is 19.4 Å². The van der Waals surface area contributed by atoms with E-state index >= 15 is 0 Å². The maximum atomic E-state index is 3.50. The summed E-state index contributed by atoms with van der Waals surface area (Å²) in [7, 11) is 2.09. The minimum atomic E-state index is 0.539. The molecule has 1 aliphatic carbocycles. The van der Waals surface area contributed by atoms with E-state index in [0.717, 1.165) is 11.8 Å². The van der Waals surface area contributed by atoms with Crippen LogP contribution in [0.4, 0.5) is 0 Å². The third kappa shape index (κ3) is 1.57. The van der Waals surface area contributed by atoms with Crippen LogP contribution in [-0.4, -0.2) is 7.05 Å². The van der Waals surface area contributed by atoms with Crippen LogP contribution in [0.2, 0.25) is 0 Å². The summed E-state index contributed by atoms with van der Waals surface area (Å²) in [5.41, 5.74) is 1.49. The second kappa shape index (κ2) is 3.86.